The van der Waals surface area contributed by atoms with Gasteiger partial charge in [-0.05, 0) is 54.8 Å². The molecule has 4 nitrogen and oxygen atoms in total. The molecule has 3 fully saturated rings. The first-order valence-electron chi connectivity index (χ1n) is 13.1. The average molecular weight is 458 g/mol. The number of hydrogen-bond acceptors (Lipinski definition) is 3. The molecule has 2 aromatic rings. The van der Waals surface area contributed by atoms with Crippen LogP contribution in [0.1, 0.15) is 43.2 Å². The van der Waals surface area contributed by atoms with Crippen LogP contribution in [0.2, 0.25) is 0 Å². The predicted octanol–water partition coefficient (Wildman–Crippen LogP) is 4.75. The molecule has 4 heteroatoms. The maximum Gasteiger partial charge on any atom is 0.226 e. The monoisotopic (exact) mass is 457 g/mol. The molecular formula is C30H39N3O. The van der Waals surface area contributed by atoms with Crippen molar-refractivity contribution < 1.29 is 4.79 Å². The Kier molecular flexibility index (Phi) is 7.17. The van der Waals surface area contributed by atoms with Crippen molar-refractivity contribution in [3.05, 3.63) is 77.9 Å². The molecule has 2 saturated heterocycles. The molecule has 1 aliphatic carbocycles. The van der Waals surface area contributed by atoms with Crippen LogP contribution >= 0.6 is 0 Å². The van der Waals surface area contributed by atoms with Gasteiger partial charge in [-0.2, -0.15) is 0 Å². The maximum atomic E-state index is 13.3. The van der Waals surface area contributed by atoms with Crippen LogP contribution < -0.4 is 0 Å². The van der Waals surface area contributed by atoms with Crippen LogP contribution in [0, 0.1) is 11.3 Å². The summed E-state index contributed by atoms with van der Waals surface area (Å²) in [7, 11) is 0. The summed E-state index contributed by atoms with van der Waals surface area (Å²) in [5, 5.41) is 0. The zero-order valence-corrected chi connectivity index (χ0v) is 20.6. The second-order valence-electron chi connectivity index (χ2n) is 10.7. The van der Waals surface area contributed by atoms with Crippen molar-refractivity contribution in [2.45, 2.75) is 32.1 Å². The quantitative estimate of drug-likeness (QED) is 0.600. The maximum absolute atomic E-state index is 13.3. The van der Waals surface area contributed by atoms with Gasteiger partial charge in [-0.25, -0.2) is 0 Å². The number of rotatable bonds is 7. The number of benzene rings is 2. The molecule has 1 amide bonds. The van der Waals surface area contributed by atoms with Crippen molar-refractivity contribution in [1.29, 1.82) is 0 Å². The fourth-order valence-electron chi connectivity index (χ4n) is 5.98. The van der Waals surface area contributed by atoms with Gasteiger partial charge >= 0.3 is 0 Å². The molecule has 0 radical (unpaired) electrons. The topological polar surface area (TPSA) is 26.8 Å². The summed E-state index contributed by atoms with van der Waals surface area (Å²) in [6.45, 7) is 10.4. The Morgan fingerprint density at radius 2 is 1.56 bits per heavy atom. The molecule has 0 N–H and O–H groups in total. The van der Waals surface area contributed by atoms with Crippen LogP contribution in [0.4, 0.5) is 0 Å². The Balaban J connectivity index is 1.03. The molecule has 180 valence electrons. The van der Waals surface area contributed by atoms with Crippen LogP contribution in [-0.4, -0.2) is 73.0 Å². The van der Waals surface area contributed by atoms with Gasteiger partial charge in [-0.15, -0.1) is 0 Å². The Morgan fingerprint density at radius 3 is 2.24 bits per heavy atom. The number of carbonyl (C=O) groups is 1. The van der Waals surface area contributed by atoms with Gasteiger partial charge in [0.1, 0.15) is 0 Å². The van der Waals surface area contributed by atoms with Gasteiger partial charge in [0.15, 0.2) is 0 Å². The van der Waals surface area contributed by atoms with E-state index in [1.54, 1.807) is 0 Å². The molecule has 3 aliphatic rings. The number of amides is 1. The lowest BCUT2D eigenvalue weighted by atomic mass is 9.89. The summed E-state index contributed by atoms with van der Waals surface area (Å²) in [4.78, 5) is 20.5. The van der Waals surface area contributed by atoms with E-state index in [1.807, 2.05) is 6.07 Å². The Morgan fingerprint density at radius 1 is 0.912 bits per heavy atom. The highest BCUT2D eigenvalue weighted by Gasteiger charge is 2.59. The molecule has 34 heavy (non-hydrogen) atoms. The molecule has 1 saturated carbocycles. The minimum absolute atomic E-state index is 0.283. The van der Waals surface area contributed by atoms with Crippen molar-refractivity contribution in [2.24, 2.45) is 11.3 Å². The van der Waals surface area contributed by atoms with Crippen LogP contribution in [0.25, 0.3) is 6.08 Å². The van der Waals surface area contributed by atoms with E-state index < -0.39 is 0 Å². The number of nitrogens with zero attached hydrogens (tertiary/aromatic N) is 3. The van der Waals surface area contributed by atoms with Crippen LogP contribution in [0.5, 0.6) is 0 Å². The summed E-state index contributed by atoms with van der Waals surface area (Å²) in [6, 6.07) is 21.3. The highest BCUT2D eigenvalue weighted by atomic mass is 16.2. The smallest absolute Gasteiger partial charge is 0.226 e. The summed E-state index contributed by atoms with van der Waals surface area (Å²) < 4.78 is 0. The molecule has 1 spiro atoms. The minimum atomic E-state index is 0.283. The number of carbonyl (C=O) groups excluding carboxylic acids is 1. The van der Waals surface area contributed by atoms with Crippen molar-refractivity contribution >= 4 is 12.0 Å². The number of piperazine rings is 1. The van der Waals surface area contributed by atoms with E-state index >= 15 is 0 Å². The summed E-state index contributed by atoms with van der Waals surface area (Å²) in [6.07, 6.45) is 7.94. The van der Waals surface area contributed by atoms with Gasteiger partial charge < -0.3 is 9.80 Å². The van der Waals surface area contributed by atoms with Gasteiger partial charge in [-0.3, -0.25) is 9.69 Å². The van der Waals surface area contributed by atoms with Crippen LogP contribution in [0.3, 0.4) is 0 Å². The first-order valence-corrected chi connectivity index (χ1v) is 13.1. The first-order chi connectivity index (χ1) is 16.6. The van der Waals surface area contributed by atoms with Gasteiger partial charge in [0.05, 0.1) is 0 Å². The lowest BCUT2D eigenvalue weighted by Gasteiger charge is -2.36. The highest BCUT2D eigenvalue weighted by Crippen LogP contribution is 2.60. The lowest BCUT2D eigenvalue weighted by Crippen LogP contribution is -2.49. The Hall–Kier alpha value is -2.43. The number of likely N-dealkylation sites (tertiary alicyclic amines) is 1. The Bertz CT molecular complexity index is 957. The average Bonchev–Trinajstić information content (AvgIpc) is 3.60. The second-order valence-corrected chi connectivity index (χ2v) is 10.7. The molecule has 0 unspecified atom stereocenters. The van der Waals surface area contributed by atoms with Gasteiger partial charge in [0.25, 0.3) is 0 Å². The molecule has 5 rings (SSSR count). The van der Waals surface area contributed by atoms with E-state index in [-0.39, 0.29) is 5.92 Å². The van der Waals surface area contributed by atoms with E-state index in [0.717, 1.165) is 58.8 Å². The van der Waals surface area contributed by atoms with Crippen molar-refractivity contribution in [3.8, 4) is 0 Å². The first kappa shape index (κ1) is 23.3. The fraction of sp³-hybridized carbons (Fsp3) is 0.500. The number of hydrogen-bond donors (Lipinski definition) is 0. The molecule has 2 atom stereocenters. The summed E-state index contributed by atoms with van der Waals surface area (Å²) in [5.74, 6) is 1.28. The molecule has 2 aliphatic heterocycles. The van der Waals surface area contributed by atoms with E-state index in [1.165, 1.54) is 24.0 Å². The second kappa shape index (κ2) is 10.5. The van der Waals surface area contributed by atoms with E-state index in [4.69, 9.17) is 0 Å². The zero-order chi connectivity index (χ0) is 23.4. The van der Waals surface area contributed by atoms with E-state index in [9.17, 15) is 4.79 Å². The third-order valence-corrected chi connectivity index (χ3v) is 8.40. The normalized spacial score (nSPS) is 23.9. The van der Waals surface area contributed by atoms with Crippen molar-refractivity contribution in [2.75, 3.05) is 52.4 Å². The zero-order valence-electron chi connectivity index (χ0n) is 20.6. The van der Waals surface area contributed by atoms with Crippen molar-refractivity contribution in [1.82, 2.24) is 14.7 Å². The minimum Gasteiger partial charge on any atom is -0.340 e. The highest BCUT2D eigenvalue weighted by molar-refractivity contribution is 5.83. The third-order valence-electron chi connectivity index (χ3n) is 8.40. The number of piperidine rings is 1. The standard InChI is InChI=1S/C30H39N3O/c1-25(27-12-6-3-7-13-27)24-32-17-14-30(15-18-32)23-28(30)29(34)33-21-19-31(20-22-33)16-8-11-26-9-4-2-5-10-26/h2-13,25,28H,14-24H2,1H3/b11-8+/t25-,28+/m1/s1. The lowest BCUT2D eigenvalue weighted by molar-refractivity contribution is -0.135. The molecule has 2 heterocycles. The van der Waals surface area contributed by atoms with Crippen LogP contribution in [0.15, 0.2) is 66.7 Å². The summed E-state index contributed by atoms with van der Waals surface area (Å²) >= 11 is 0. The predicted molar refractivity (Wildman–Crippen MR) is 140 cm³/mol. The molecular weight excluding hydrogens is 418 g/mol. The molecule has 0 bridgehead atoms. The van der Waals surface area contributed by atoms with Gasteiger partial charge in [0.2, 0.25) is 5.91 Å². The summed E-state index contributed by atoms with van der Waals surface area (Å²) in [5.41, 5.74) is 2.98. The molecule has 2 aromatic carbocycles. The SMILES string of the molecule is C[C@H](CN1CCC2(CC1)C[C@H]2C(=O)N1CCN(C/C=C/c2ccccc2)CC1)c1ccccc1. The largest absolute Gasteiger partial charge is 0.340 e. The Labute approximate surface area is 205 Å². The fourth-order valence-corrected chi connectivity index (χ4v) is 5.98. The third kappa shape index (κ3) is 5.45. The molecule has 0 aromatic heterocycles. The van der Waals surface area contributed by atoms with Crippen molar-refractivity contribution in [3.63, 3.8) is 0 Å². The van der Waals surface area contributed by atoms with Gasteiger partial charge in [0, 0.05) is 45.2 Å². The van der Waals surface area contributed by atoms with E-state index in [0.29, 0.717) is 17.2 Å². The van der Waals surface area contributed by atoms with Crippen LogP contribution in [-0.2, 0) is 4.79 Å². The van der Waals surface area contributed by atoms with Gasteiger partial charge in [-0.1, -0.05) is 79.7 Å². The van der Waals surface area contributed by atoms with E-state index in [2.05, 4.69) is 88.4 Å².